The molecule has 1 heterocycles. The van der Waals surface area contributed by atoms with Crippen molar-refractivity contribution < 1.29 is 27.5 Å². The molecule has 2 N–H and O–H groups in total. The van der Waals surface area contributed by atoms with E-state index in [1.54, 1.807) is 11.5 Å². The number of carbonyl (C=O) groups excluding carboxylic acids is 2. The van der Waals surface area contributed by atoms with Crippen molar-refractivity contribution in [1.82, 2.24) is 10.9 Å². The van der Waals surface area contributed by atoms with Gasteiger partial charge in [0.1, 0.15) is 0 Å². The van der Waals surface area contributed by atoms with E-state index < -0.39 is 18.0 Å². The van der Waals surface area contributed by atoms with Crippen LogP contribution < -0.4 is 15.8 Å². The predicted octanol–water partition coefficient (Wildman–Crippen LogP) is 3.11. The number of halogens is 4. The van der Waals surface area contributed by atoms with Crippen LogP contribution in [0.5, 0.6) is 0 Å². The van der Waals surface area contributed by atoms with Crippen molar-refractivity contribution in [2.75, 3.05) is 24.6 Å². The molecular formula is C20H19ClF3N3O3. The van der Waals surface area contributed by atoms with Crippen LogP contribution in [0.15, 0.2) is 48.5 Å². The van der Waals surface area contributed by atoms with Gasteiger partial charge >= 0.3 is 12.1 Å². The number of hydrogen-bond donors (Lipinski definition) is 2. The number of amides is 2. The Morgan fingerprint density at radius 1 is 1.13 bits per heavy atom. The van der Waals surface area contributed by atoms with Gasteiger partial charge in [0.15, 0.2) is 0 Å². The molecule has 1 atom stereocenters. The fourth-order valence-corrected chi connectivity index (χ4v) is 3.33. The third-order valence-electron chi connectivity index (χ3n) is 4.57. The molecule has 1 fully saturated rings. The Balaban J connectivity index is 1.60. The summed E-state index contributed by atoms with van der Waals surface area (Å²) in [6, 6.07) is 14.3. The van der Waals surface area contributed by atoms with Gasteiger partial charge in [-0.3, -0.25) is 20.4 Å². The van der Waals surface area contributed by atoms with E-state index in [1.165, 1.54) is 17.6 Å². The largest absolute Gasteiger partial charge is 0.472 e. The van der Waals surface area contributed by atoms with Crippen LogP contribution in [0.4, 0.5) is 18.9 Å². The lowest BCUT2D eigenvalue weighted by atomic mass is 10.0. The minimum Gasteiger partial charge on any atom is -0.374 e. The number of anilines is 1. The van der Waals surface area contributed by atoms with Crippen LogP contribution in [0, 0.1) is 0 Å². The van der Waals surface area contributed by atoms with Crippen molar-refractivity contribution in [1.29, 1.82) is 0 Å². The van der Waals surface area contributed by atoms with Gasteiger partial charge in [0.2, 0.25) is 0 Å². The molecule has 0 aromatic heterocycles. The molecule has 0 saturated carbocycles. The minimum atomic E-state index is -5.09. The molecule has 160 valence electrons. The van der Waals surface area contributed by atoms with Crippen molar-refractivity contribution in [3.05, 3.63) is 64.7 Å². The second kappa shape index (κ2) is 9.36. The Morgan fingerprint density at radius 2 is 1.87 bits per heavy atom. The Labute approximate surface area is 175 Å². The summed E-state index contributed by atoms with van der Waals surface area (Å²) >= 11 is 6.26. The summed E-state index contributed by atoms with van der Waals surface area (Å²) in [4.78, 5) is 24.9. The molecule has 1 saturated heterocycles. The Bertz CT molecular complexity index is 909. The number of ether oxygens (including phenoxy) is 1. The molecule has 1 aliphatic rings. The monoisotopic (exact) mass is 441 g/mol. The maximum atomic E-state index is 12.2. The first-order chi connectivity index (χ1) is 14.2. The SMILES string of the molecule is O=C(NNC(=O)C(F)(F)F)c1ccc(CC2CN(c3ccccc3)CCO2)c(Cl)c1. The maximum Gasteiger partial charge on any atom is 0.472 e. The molecule has 1 unspecified atom stereocenters. The molecule has 0 radical (unpaired) electrons. The van der Waals surface area contributed by atoms with Crippen LogP contribution in [0.1, 0.15) is 15.9 Å². The first-order valence-electron chi connectivity index (χ1n) is 9.11. The number of carbonyl (C=O) groups is 2. The second-order valence-electron chi connectivity index (χ2n) is 6.69. The van der Waals surface area contributed by atoms with E-state index in [2.05, 4.69) is 4.90 Å². The number of rotatable bonds is 4. The first-order valence-corrected chi connectivity index (χ1v) is 9.49. The number of hydrazine groups is 1. The van der Waals surface area contributed by atoms with Gasteiger partial charge in [-0.05, 0) is 29.8 Å². The summed E-state index contributed by atoms with van der Waals surface area (Å²) < 4.78 is 42.4. The van der Waals surface area contributed by atoms with Crippen molar-refractivity contribution in [3.63, 3.8) is 0 Å². The van der Waals surface area contributed by atoms with Gasteiger partial charge in [-0.2, -0.15) is 13.2 Å². The van der Waals surface area contributed by atoms with E-state index in [1.807, 2.05) is 30.3 Å². The van der Waals surface area contributed by atoms with E-state index in [9.17, 15) is 22.8 Å². The van der Waals surface area contributed by atoms with Crippen LogP contribution in [0.3, 0.4) is 0 Å². The molecule has 2 aromatic rings. The fraction of sp³-hybridized carbons (Fsp3) is 0.300. The lowest BCUT2D eigenvalue weighted by Crippen LogP contribution is -2.47. The number of benzene rings is 2. The minimum absolute atomic E-state index is 0.0155. The summed E-state index contributed by atoms with van der Waals surface area (Å²) in [5.41, 5.74) is 4.88. The van der Waals surface area contributed by atoms with Crippen LogP contribution in [0.25, 0.3) is 0 Å². The molecular weight excluding hydrogens is 423 g/mol. The highest BCUT2D eigenvalue weighted by Gasteiger charge is 2.39. The van der Waals surface area contributed by atoms with Gasteiger partial charge in [0.25, 0.3) is 5.91 Å². The normalized spacial score (nSPS) is 16.8. The molecule has 10 heteroatoms. The van der Waals surface area contributed by atoms with Crippen molar-refractivity contribution >= 4 is 29.1 Å². The molecule has 3 rings (SSSR count). The third-order valence-corrected chi connectivity index (χ3v) is 4.92. The standard InChI is InChI=1S/C20H19ClF3N3O3/c21-17-11-14(18(28)25-26-19(29)20(22,23)24)7-6-13(17)10-16-12-27(8-9-30-16)15-4-2-1-3-5-15/h1-7,11,16H,8-10,12H2,(H,25,28)(H,26,29). The lowest BCUT2D eigenvalue weighted by molar-refractivity contribution is -0.174. The average Bonchev–Trinajstić information content (AvgIpc) is 2.73. The molecule has 2 aromatic carbocycles. The van der Waals surface area contributed by atoms with E-state index in [4.69, 9.17) is 16.3 Å². The zero-order valence-electron chi connectivity index (χ0n) is 15.7. The molecule has 0 spiro atoms. The van der Waals surface area contributed by atoms with Gasteiger partial charge in [0.05, 0.1) is 12.7 Å². The topological polar surface area (TPSA) is 70.7 Å². The Hall–Kier alpha value is -2.78. The highest BCUT2D eigenvalue weighted by molar-refractivity contribution is 6.31. The van der Waals surface area contributed by atoms with Gasteiger partial charge < -0.3 is 9.64 Å². The molecule has 1 aliphatic heterocycles. The van der Waals surface area contributed by atoms with Gasteiger partial charge in [-0.15, -0.1) is 0 Å². The molecule has 6 nitrogen and oxygen atoms in total. The lowest BCUT2D eigenvalue weighted by Gasteiger charge is -2.34. The number of morpholine rings is 1. The van der Waals surface area contributed by atoms with E-state index >= 15 is 0 Å². The quantitative estimate of drug-likeness (QED) is 0.715. The summed E-state index contributed by atoms with van der Waals surface area (Å²) in [5.74, 6) is -3.18. The van der Waals surface area contributed by atoms with E-state index in [-0.39, 0.29) is 16.7 Å². The molecule has 30 heavy (non-hydrogen) atoms. The fourth-order valence-electron chi connectivity index (χ4n) is 3.07. The number of nitrogens with zero attached hydrogens (tertiary/aromatic N) is 1. The van der Waals surface area contributed by atoms with Gasteiger partial charge in [0, 0.05) is 35.8 Å². The van der Waals surface area contributed by atoms with Crippen molar-refractivity contribution in [3.8, 4) is 0 Å². The highest BCUT2D eigenvalue weighted by atomic mass is 35.5. The smallest absolute Gasteiger partial charge is 0.374 e. The van der Waals surface area contributed by atoms with E-state index in [0.29, 0.717) is 19.6 Å². The summed E-state index contributed by atoms with van der Waals surface area (Å²) in [5, 5.41) is 0.283. The number of hydrogen-bond acceptors (Lipinski definition) is 4. The Kier molecular flexibility index (Phi) is 6.84. The Morgan fingerprint density at radius 3 is 2.53 bits per heavy atom. The van der Waals surface area contributed by atoms with Crippen LogP contribution in [0.2, 0.25) is 5.02 Å². The van der Waals surface area contributed by atoms with Gasteiger partial charge in [-0.1, -0.05) is 35.9 Å². The summed E-state index contributed by atoms with van der Waals surface area (Å²) in [6.07, 6.45) is -4.70. The van der Waals surface area contributed by atoms with Crippen LogP contribution in [-0.2, 0) is 16.0 Å². The molecule has 0 aliphatic carbocycles. The number of para-hydroxylation sites is 1. The predicted molar refractivity (Wildman–Crippen MR) is 105 cm³/mol. The average molecular weight is 442 g/mol. The number of alkyl halides is 3. The van der Waals surface area contributed by atoms with Crippen molar-refractivity contribution in [2.24, 2.45) is 0 Å². The third kappa shape index (κ3) is 5.64. The van der Waals surface area contributed by atoms with Crippen molar-refractivity contribution in [2.45, 2.75) is 18.7 Å². The first kappa shape index (κ1) is 21.9. The zero-order chi connectivity index (χ0) is 21.7. The molecule has 0 bridgehead atoms. The summed E-state index contributed by atoms with van der Waals surface area (Å²) in [6.45, 7) is 2.01. The van der Waals surface area contributed by atoms with Crippen LogP contribution in [-0.4, -0.2) is 43.8 Å². The second-order valence-corrected chi connectivity index (χ2v) is 7.10. The molecule has 2 amide bonds. The van der Waals surface area contributed by atoms with E-state index in [0.717, 1.165) is 17.8 Å². The van der Waals surface area contributed by atoms with Gasteiger partial charge in [-0.25, -0.2) is 0 Å². The maximum absolute atomic E-state index is 12.2. The van der Waals surface area contributed by atoms with Crippen LogP contribution >= 0.6 is 11.6 Å². The summed E-state index contributed by atoms with van der Waals surface area (Å²) in [7, 11) is 0. The number of nitrogens with one attached hydrogen (secondary N) is 2. The zero-order valence-corrected chi connectivity index (χ0v) is 16.5. The highest BCUT2D eigenvalue weighted by Crippen LogP contribution is 2.23.